The van der Waals surface area contributed by atoms with Crippen LogP contribution in [0.1, 0.15) is 167 Å². The van der Waals surface area contributed by atoms with Crippen LogP contribution in [0, 0.1) is 69.0 Å². The molecule has 3 N–H and O–H groups in total. The predicted octanol–water partition coefficient (Wildman–Crippen LogP) is 12.4. The Morgan fingerprint density at radius 1 is 0.743 bits per heavy atom. The summed E-state index contributed by atoms with van der Waals surface area (Å²) >= 11 is 0. The van der Waals surface area contributed by atoms with Gasteiger partial charge < -0.3 is 24.8 Å². The van der Waals surface area contributed by atoms with Crippen molar-refractivity contribution < 1.29 is 34.4 Å². The van der Waals surface area contributed by atoms with Gasteiger partial charge in [0.15, 0.2) is 0 Å². The molecule has 7 nitrogen and oxygen atoms in total. The van der Waals surface area contributed by atoms with Crippen LogP contribution < -0.4 is 0 Å². The molecule has 4 bridgehead atoms. The molecule has 70 heavy (non-hydrogen) atoms. The van der Waals surface area contributed by atoms with E-state index in [4.69, 9.17) is 9.47 Å². The molecule has 13 unspecified atom stereocenters. The minimum Gasteiger partial charge on any atom is -0.462 e. The molecule has 3 aliphatic heterocycles. The zero-order chi connectivity index (χ0) is 48.8. The highest BCUT2D eigenvalue weighted by Crippen LogP contribution is 2.72. The van der Waals surface area contributed by atoms with E-state index in [0.29, 0.717) is 43.9 Å². The fraction of sp³-hybridized carbons (Fsp3) is 0.705. The minimum absolute atomic E-state index is 0.0297. The highest BCUT2D eigenvalue weighted by molar-refractivity contribution is 8.76. The van der Waals surface area contributed by atoms with Gasteiger partial charge in [0.1, 0.15) is 12.7 Å². The van der Waals surface area contributed by atoms with Gasteiger partial charge in [-0.1, -0.05) is 134 Å². The van der Waals surface area contributed by atoms with Crippen LogP contribution in [0.3, 0.4) is 0 Å². The summed E-state index contributed by atoms with van der Waals surface area (Å²) in [5, 5.41) is 41.5. The van der Waals surface area contributed by atoms with Crippen molar-refractivity contribution in [3.05, 3.63) is 83.4 Å². The largest absolute Gasteiger partial charge is 0.462 e. The van der Waals surface area contributed by atoms with E-state index in [-0.39, 0.29) is 48.1 Å². The molecule has 1 saturated heterocycles. The second kappa shape index (κ2) is 20.5. The van der Waals surface area contributed by atoms with Gasteiger partial charge >= 0.3 is 11.9 Å². The molecule has 1 spiro atoms. The van der Waals surface area contributed by atoms with Crippen molar-refractivity contribution in [3.63, 3.8) is 0 Å². The van der Waals surface area contributed by atoms with Crippen LogP contribution in [0.2, 0.25) is 0 Å². The first kappa shape index (κ1) is 50.8. The van der Waals surface area contributed by atoms with Gasteiger partial charge in [-0.05, 0) is 160 Å². The van der Waals surface area contributed by atoms with Crippen molar-refractivity contribution in [3.8, 4) is 11.8 Å². The van der Waals surface area contributed by atoms with E-state index in [1.165, 1.54) is 30.4 Å². The van der Waals surface area contributed by atoms with Gasteiger partial charge in [-0.15, -0.1) is 5.92 Å². The van der Waals surface area contributed by atoms with Crippen LogP contribution >= 0.6 is 21.6 Å². The zero-order valence-electron chi connectivity index (χ0n) is 42.5. The molecule has 0 aromatic heterocycles. The van der Waals surface area contributed by atoms with Crippen LogP contribution in [-0.4, -0.2) is 69.3 Å². The van der Waals surface area contributed by atoms with Gasteiger partial charge in [0.25, 0.3) is 0 Å². The normalized spacial score (nSPS) is 41.4. The number of carbonyl (C=O) groups is 2. The van der Waals surface area contributed by atoms with Gasteiger partial charge in [-0.2, -0.15) is 0 Å². The van der Waals surface area contributed by atoms with Crippen molar-refractivity contribution >= 4 is 33.5 Å². The molecule has 2 aromatic carbocycles. The number of hydrogen-bond donors (Lipinski definition) is 3. The molecule has 0 radical (unpaired) electrons. The third-order valence-electron chi connectivity index (χ3n) is 21.0. The Kier molecular flexibility index (Phi) is 14.9. The predicted molar refractivity (Wildman–Crippen MR) is 281 cm³/mol. The molecule has 3 heterocycles. The number of esters is 2. The van der Waals surface area contributed by atoms with Gasteiger partial charge in [-0.3, -0.25) is 4.79 Å². The van der Waals surface area contributed by atoms with E-state index < -0.39 is 51.5 Å². The van der Waals surface area contributed by atoms with E-state index in [2.05, 4.69) is 93.3 Å². The number of aliphatic hydroxyl groups excluding tert-OH is 2. The van der Waals surface area contributed by atoms with Crippen molar-refractivity contribution in [2.24, 2.45) is 57.2 Å². The molecular formula is C61H82O7S2. The maximum Gasteiger partial charge on any atom is 0.331 e. The van der Waals surface area contributed by atoms with E-state index in [1.807, 2.05) is 21.6 Å². The van der Waals surface area contributed by atoms with Crippen LogP contribution in [0.25, 0.3) is 0 Å². The third-order valence-corrected chi connectivity index (χ3v) is 23.6. The van der Waals surface area contributed by atoms with Crippen LogP contribution in [0.4, 0.5) is 0 Å². The summed E-state index contributed by atoms with van der Waals surface area (Å²) in [6, 6.07) is 22.0. The average molecular weight is 991 g/mol. The van der Waals surface area contributed by atoms with Gasteiger partial charge in [0, 0.05) is 36.3 Å². The Balaban J connectivity index is 1.15. The average Bonchev–Trinajstić information content (AvgIpc) is 4.08. The Morgan fingerprint density at radius 3 is 2.17 bits per heavy atom. The van der Waals surface area contributed by atoms with Crippen molar-refractivity contribution in [1.29, 1.82) is 0 Å². The maximum absolute atomic E-state index is 16.4. The summed E-state index contributed by atoms with van der Waals surface area (Å²) < 4.78 is 13.0. The summed E-state index contributed by atoms with van der Waals surface area (Å²) in [6.07, 6.45) is 17.2. The Morgan fingerprint density at radius 2 is 1.44 bits per heavy atom. The molecule has 6 fully saturated rings. The number of benzene rings is 2. The van der Waals surface area contributed by atoms with Crippen molar-refractivity contribution in [1.82, 2.24) is 0 Å². The topological polar surface area (TPSA) is 113 Å². The van der Waals surface area contributed by atoms with Gasteiger partial charge in [-0.25, -0.2) is 4.79 Å². The fourth-order valence-electron chi connectivity index (χ4n) is 17.4. The van der Waals surface area contributed by atoms with Crippen LogP contribution in [-0.2, 0) is 30.9 Å². The highest BCUT2D eigenvalue weighted by Gasteiger charge is 2.78. The minimum atomic E-state index is -1.71. The van der Waals surface area contributed by atoms with Crippen LogP contribution in [0.15, 0.2) is 72.3 Å². The Bertz CT molecular complexity index is 2260. The lowest BCUT2D eigenvalue weighted by atomic mass is 9.35. The number of aliphatic hydroxyl groups is 3. The number of rotatable bonds is 8. The molecule has 5 saturated carbocycles. The molecule has 8 aliphatic rings. The number of ether oxygens (including phenoxy) is 2. The van der Waals surface area contributed by atoms with E-state index in [0.717, 1.165) is 101 Å². The first-order valence-electron chi connectivity index (χ1n) is 27.8. The Hall–Kier alpha value is -2.74. The van der Waals surface area contributed by atoms with E-state index >= 15 is 4.79 Å². The lowest BCUT2D eigenvalue weighted by Gasteiger charge is -2.71. The second-order valence-corrected chi connectivity index (χ2v) is 27.2. The zero-order valence-corrected chi connectivity index (χ0v) is 44.1. The number of hydrogen-bond acceptors (Lipinski definition) is 9. The summed E-state index contributed by atoms with van der Waals surface area (Å²) in [5.41, 5.74) is -2.14. The molecular weight excluding hydrogens is 909 g/mol. The summed E-state index contributed by atoms with van der Waals surface area (Å²) in [6.45, 7) is 6.92. The molecule has 10 rings (SSSR count). The number of carbonyl (C=O) groups excluding carboxylic acids is 2. The fourth-order valence-corrected chi connectivity index (χ4v) is 20.3. The standard InChI is InChI=1S/C61H82O7S2/c1-42-22-25-51(62)61-52(63)27-32-57(3,46-18-11-12-19-46)54(61)50-38-56(2,60(61,66)33-26-44-36-53(64)67-39-44)28-15-31-59(55(65)68-50)37-48(58(29-13-6-14-30-58)47-20-9-5-10-21-47)23-24-49(59)41-70-69-40-45(34-42)35-43-16-7-4-8-17-43/h4-5,7-10,16-17,20-21,36,42,45-46,48-52,54,62-63,66H,6,11-14,18-19,22-27,29-35,37-41H2,1-3H3. The second-order valence-electron chi connectivity index (χ2n) is 24.7. The molecule has 0 amide bonds. The molecule has 13 atom stereocenters. The highest BCUT2D eigenvalue weighted by atomic mass is 33.1. The summed E-state index contributed by atoms with van der Waals surface area (Å²) in [7, 11) is 3.92. The van der Waals surface area contributed by atoms with Gasteiger partial charge in [0.2, 0.25) is 0 Å². The molecule has 2 aromatic rings. The van der Waals surface area contributed by atoms with Crippen molar-refractivity contribution in [2.45, 2.75) is 191 Å². The smallest absolute Gasteiger partial charge is 0.331 e. The Labute approximate surface area is 427 Å². The number of cyclic esters (lactones) is 1. The van der Waals surface area contributed by atoms with Crippen LogP contribution in [0.5, 0.6) is 0 Å². The van der Waals surface area contributed by atoms with Gasteiger partial charge in [0.05, 0.1) is 34.1 Å². The lowest BCUT2D eigenvalue weighted by molar-refractivity contribution is -0.338. The first-order chi connectivity index (χ1) is 33.8. The maximum atomic E-state index is 16.4. The van der Waals surface area contributed by atoms with E-state index in [9.17, 15) is 20.1 Å². The lowest BCUT2D eigenvalue weighted by Crippen LogP contribution is -2.79. The third kappa shape index (κ3) is 8.87. The SMILES string of the molecule is CC1CCC(O)C23C(O)CCC(C)(C4CCCC4)C2C2CC(C)(C#CCC4(CC(C5(c6ccccc6)CCCCC5)CCC4CSSCC(Cc4ccccc4)C1)C(=O)O2)C3(O)CCC1=CC(=O)OC1. The molecule has 9 heteroatoms. The first-order valence-corrected chi connectivity index (χ1v) is 30.2. The quantitative estimate of drug-likeness (QED) is 0.135. The van der Waals surface area contributed by atoms with E-state index in [1.54, 1.807) is 6.08 Å². The monoisotopic (exact) mass is 991 g/mol. The summed E-state index contributed by atoms with van der Waals surface area (Å²) in [4.78, 5) is 28.9. The van der Waals surface area contributed by atoms with Crippen molar-refractivity contribution in [2.75, 3.05) is 18.1 Å². The molecule has 5 aliphatic carbocycles. The molecule has 380 valence electrons. The number of fused-ring (bicyclic) bond motifs is 2. The summed E-state index contributed by atoms with van der Waals surface area (Å²) in [5.74, 6) is 9.68.